The first-order valence-electron chi connectivity index (χ1n) is 5.81. The fourth-order valence-corrected chi connectivity index (χ4v) is 2.06. The van der Waals surface area contributed by atoms with E-state index in [0.29, 0.717) is 5.69 Å². The third-order valence-corrected chi connectivity index (χ3v) is 2.90. The van der Waals surface area contributed by atoms with Gasteiger partial charge in [-0.05, 0) is 37.8 Å². The summed E-state index contributed by atoms with van der Waals surface area (Å²) in [4.78, 5) is 16.0. The number of ether oxygens (including phenoxy) is 1. The SMILES string of the molecule is CCOC(=O)C(C#N)c1ccc2c(n1)CCC2. The van der Waals surface area contributed by atoms with E-state index in [-0.39, 0.29) is 6.61 Å². The van der Waals surface area contributed by atoms with E-state index < -0.39 is 11.9 Å². The fourth-order valence-electron chi connectivity index (χ4n) is 2.06. The normalized spacial score (nSPS) is 14.8. The quantitative estimate of drug-likeness (QED) is 0.742. The standard InChI is InChI=1S/C13H14N2O2/c1-2-17-13(16)10(8-14)12-7-6-9-4-3-5-11(9)15-12/h6-7,10H,2-5H2,1H3. The molecule has 1 aromatic heterocycles. The number of aryl methyl sites for hydroxylation is 2. The molecule has 1 unspecified atom stereocenters. The molecule has 17 heavy (non-hydrogen) atoms. The van der Waals surface area contributed by atoms with Crippen LogP contribution in [0.15, 0.2) is 12.1 Å². The summed E-state index contributed by atoms with van der Waals surface area (Å²) in [6.07, 6.45) is 3.08. The molecule has 0 N–H and O–H groups in total. The Morgan fingerprint density at radius 2 is 2.41 bits per heavy atom. The second-order valence-electron chi connectivity index (χ2n) is 4.01. The molecule has 0 spiro atoms. The number of nitrogens with zero attached hydrogens (tertiary/aromatic N) is 2. The van der Waals surface area contributed by atoms with Gasteiger partial charge in [0.05, 0.1) is 18.4 Å². The molecule has 1 aliphatic carbocycles. The first-order valence-corrected chi connectivity index (χ1v) is 5.81. The van der Waals surface area contributed by atoms with Crippen molar-refractivity contribution in [3.05, 3.63) is 29.1 Å². The van der Waals surface area contributed by atoms with Crippen LogP contribution in [-0.4, -0.2) is 17.6 Å². The first-order chi connectivity index (χ1) is 8.26. The van der Waals surface area contributed by atoms with Crippen molar-refractivity contribution < 1.29 is 9.53 Å². The molecule has 2 rings (SSSR count). The minimum Gasteiger partial charge on any atom is -0.465 e. The number of carbonyl (C=O) groups excluding carboxylic acids is 1. The van der Waals surface area contributed by atoms with Gasteiger partial charge in [-0.1, -0.05) is 6.07 Å². The van der Waals surface area contributed by atoms with E-state index in [1.54, 1.807) is 13.0 Å². The molecule has 0 saturated heterocycles. The maximum absolute atomic E-state index is 11.6. The molecule has 1 heterocycles. The van der Waals surface area contributed by atoms with Crippen LogP contribution in [-0.2, 0) is 22.4 Å². The molecule has 0 fully saturated rings. The van der Waals surface area contributed by atoms with E-state index in [0.717, 1.165) is 25.0 Å². The summed E-state index contributed by atoms with van der Waals surface area (Å²) in [6.45, 7) is 2.00. The number of esters is 1. The first kappa shape index (κ1) is 11.6. The van der Waals surface area contributed by atoms with E-state index in [2.05, 4.69) is 4.98 Å². The van der Waals surface area contributed by atoms with E-state index in [1.807, 2.05) is 12.1 Å². The summed E-state index contributed by atoms with van der Waals surface area (Å²) in [7, 11) is 0. The van der Waals surface area contributed by atoms with Gasteiger partial charge in [-0.15, -0.1) is 0 Å². The van der Waals surface area contributed by atoms with Crippen molar-refractivity contribution in [3.63, 3.8) is 0 Å². The lowest BCUT2D eigenvalue weighted by Crippen LogP contribution is -2.16. The fraction of sp³-hybridized carbons (Fsp3) is 0.462. The molecule has 0 aliphatic heterocycles. The van der Waals surface area contributed by atoms with Crippen LogP contribution in [0.25, 0.3) is 0 Å². The Labute approximate surface area is 100 Å². The molecule has 0 saturated carbocycles. The number of hydrogen-bond donors (Lipinski definition) is 0. The smallest absolute Gasteiger partial charge is 0.329 e. The maximum Gasteiger partial charge on any atom is 0.329 e. The Balaban J connectivity index is 2.26. The van der Waals surface area contributed by atoms with Crippen molar-refractivity contribution in [2.75, 3.05) is 6.61 Å². The topological polar surface area (TPSA) is 63.0 Å². The number of nitriles is 1. The van der Waals surface area contributed by atoms with Crippen LogP contribution in [0.3, 0.4) is 0 Å². The monoisotopic (exact) mass is 230 g/mol. The van der Waals surface area contributed by atoms with Crippen molar-refractivity contribution in [1.82, 2.24) is 4.98 Å². The molecule has 0 radical (unpaired) electrons. The third kappa shape index (κ3) is 2.28. The number of carbonyl (C=O) groups is 1. The van der Waals surface area contributed by atoms with Gasteiger partial charge in [0.15, 0.2) is 5.92 Å². The predicted octanol–water partition coefficient (Wildman–Crippen LogP) is 1.74. The number of aromatic nitrogens is 1. The summed E-state index contributed by atoms with van der Waals surface area (Å²) in [6, 6.07) is 5.68. The number of fused-ring (bicyclic) bond motifs is 1. The van der Waals surface area contributed by atoms with Gasteiger partial charge < -0.3 is 4.74 Å². The molecule has 1 atom stereocenters. The molecule has 0 amide bonds. The molecule has 1 aliphatic rings. The highest BCUT2D eigenvalue weighted by molar-refractivity contribution is 5.80. The summed E-state index contributed by atoms with van der Waals surface area (Å²) in [5.74, 6) is -1.42. The van der Waals surface area contributed by atoms with Crippen LogP contribution in [0.5, 0.6) is 0 Å². The van der Waals surface area contributed by atoms with Gasteiger partial charge in [-0.3, -0.25) is 9.78 Å². The highest BCUT2D eigenvalue weighted by Crippen LogP contribution is 2.23. The highest BCUT2D eigenvalue weighted by Gasteiger charge is 2.24. The number of hydrogen-bond acceptors (Lipinski definition) is 4. The Bertz CT molecular complexity index is 477. The lowest BCUT2D eigenvalue weighted by Gasteiger charge is -2.09. The van der Waals surface area contributed by atoms with Crippen molar-refractivity contribution in [2.24, 2.45) is 0 Å². The van der Waals surface area contributed by atoms with Crippen LogP contribution in [0.4, 0.5) is 0 Å². The van der Waals surface area contributed by atoms with E-state index in [4.69, 9.17) is 10.00 Å². The van der Waals surface area contributed by atoms with Crippen molar-refractivity contribution in [3.8, 4) is 6.07 Å². The van der Waals surface area contributed by atoms with Gasteiger partial charge in [-0.25, -0.2) is 0 Å². The average Bonchev–Trinajstić information content (AvgIpc) is 2.77. The van der Waals surface area contributed by atoms with Gasteiger partial charge in [0.25, 0.3) is 0 Å². The van der Waals surface area contributed by atoms with E-state index >= 15 is 0 Å². The van der Waals surface area contributed by atoms with Crippen LogP contribution in [0.1, 0.15) is 36.2 Å². The summed E-state index contributed by atoms with van der Waals surface area (Å²) in [5, 5.41) is 9.03. The summed E-state index contributed by atoms with van der Waals surface area (Å²) in [5.41, 5.74) is 2.76. The van der Waals surface area contributed by atoms with Gasteiger partial charge in [0.1, 0.15) is 0 Å². The van der Waals surface area contributed by atoms with Crippen molar-refractivity contribution in [1.29, 1.82) is 5.26 Å². The minimum atomic E-state index is -0.902. The number of pyridine rings is 1. The summed E-state index contributed by atoms with van der Waals surface area (Å²) >= 11 is 0. The molecule has 0 bridgehead atoms. The van der Waals surface area contributed by atoms with E-state index in [1.165, 1.54) is 5.56 Å². The Hall–Kier alpha value is -1.89. The van der Waals surface area contributed by atoms with Gasteiger partial charge >= 0.3 is 5.97 Å². The zero-order valence-electron chi connectivity index (χ0n) is 9.77. The Morgan fingerprint density at radius 1 is 1.59 bits per heavy atom. The van der Waals surface area contributed by atoms with Gasteiger partial charge in [-0.2, -0.15) is 5.26 Å². The molecular formula is C13H14N2O2. The van der Waals surface area contributed by atoms with Gasteiger partial charge in [0.2, 0.25) is 0 Å². The van der Waals surface area contributed by atoms with Crippen molar-refractivity contribution >= 4 is 5.97 Å². The van der Waals surface area contributed by atoms with Crippen molar-refractivity contribution in [2.45, 2.75) is 32.1 Å². The predicted molar refractivity (Wildman–Crippen MR) is 61.2 cm³/mol. The van der Waals surface area contributed by atoms with Crippen LogP contribution in [0, 0.1) is 11.3 Å². The lowest BCUT2D eigenvalue weighted by molar-refractivity contribution is -0.143. The minimum absolute atomic E-state index is 0.280. The maximum atomic E-state index is 11.6. The van der Waals surface area contributed by atoms with Crippen LogP contribution in [0.2, 0.25) is 0 Å². The summed E-state index contributed by atoms with van der Waals surface area (Å²) < 4.78 is 4.87. The van der Waals surface area contributed by atoms with Gasteiger partial charge in [0, 0.05) is 5.69 Å². The molecule has 4 heteroatoms. The Morgan fingerprint density at radius 3 is 3.12 bits per heavy atom. The van der Waals surface area contributed by atoms with E-state index in [9.17, 15) is 4.79 Å². The molecule has 1 aromatic rings. The molecule has 0 aromatic carbocycles. The second-order valence-corrected chi connectivity index (χ2v) is 4.01. The van der Waals surface area contributed by atoms with Crippen LogP contribution >= 0.6 is 0 Å². The average molecular weight is 230 g/mol. The third-order valence-electron chi connectivity index (χ3n) is 2.90. The zero-order chi connectivity index (χ0) is 12.3. The molecular weight excluding hydrogens is 216 g/mol. The molecule has 4 nitrogen and oxygen atoms in total. The lowest BCUT2D eigenvalue weighted by atomic mass is 10.1. The largest absolute Gasteiger partial charge is 0.465 e. The zero-order valence-corrected chi connectivity index (χ0v) is 9.77. The van der Waals surface area contributed by atoms with Crippen LogP contribution < -0.4 is 0 Å². The Kier molecular flexibility index (Phi) is 3.38. The highest BCUT2D eigenvalue weighted by atomic mass is 16.5. The second kappa shape index (κ2) is 4.96. The molecule has 88 valence electrons. The number of rotatable bonds is 3.